The molecule has 0 amide bonds. The summed E-state index contributed by atoms with van der Waals surface area (Å²) >= 11 is 0. The van der Waals surface area contributed by atoms with Crippen molar-refractivity contribution in [2.24, 2.45) is 0 Å². The molecule has 0 spiro atoms. The minimum Gasteiger partial charge on any atom is -0.323 e. The molecule has 0 heterocycles. The number of benzene rings is 2. The maximum atomic E-state index is 12.0. The number of unbranched alkanes of at least 4 members (excludes halogenated alkanes) is 2. The predicted octanol–water partition coefficient (Wildman–Crippen LogP) is 4.45. The zero-order valence-electron chi connectivity index (χ0n) is 14.0. The van der Waals surface area contributed by atoms with Crippen molar-refractivity contribution < 1.29 is 14.4 Å². The molecule has 1 atom stereocenters. The van der Waals surface area contributed by atoms with E-state index in [1.165, 1.54) is 0 Å². The van der Waals surface area contributed by atoms with Crippen LogP contribution in [-0.2, 0) is 4.57 Å². The molecule has 0 fully saturated rings. The fourth-order valence-electron chi connectivity index (χ4n) is 2.80. The van der Waals surface area contributed by atoms with Gasteiger partial charge in [-0.15, -0.1) is 0 Å². The van der Waals surface area contributed by atoms with E-state index in [1.54, 1.807) is 0 Å². The molecular weight excluding hydrogens is 321 g/mol. The van der Waals surface area contributed by atoms with Crippen molar-refractivity contribution in [1.29, 1.82) is 0 Å². The van der Waals surface area contributed by atoms with Gasteiger partial charge in [-0.3, -0.25) is 9.88 Å². The molecular formula is C19H26NO3P. The molecule has 0 aliphatic rings. The number of nitrogens with one attached hydrogen (secondary N) is 1. The molecule has 0 aliphatic heterocycles. The second kappa shape index (κ2) is 9.14. The Morgan fingerprint density at radius 3 is 1.83 bits per heavy atom. The van der Waals surface area contributed by atoms with E-state index in [-0.39, 0.29) is 6.04 Å². The quantitative estimate of drug-likeness (QED) is 0.463. The van der Waals surface area contributed by atoms with Crippen LogP contribution in [0.15, 0.2) is 60.7 Å². The zero-order valence-corrected chi connectivity index (χ0v) is 14.9. The van der Waals surface area contributed by atoms with E-state index >= 15 is 0 Å². The van der Waals surface area contributed by atoms with Gasteiger partial charge in [-0.05, 0) is 17.5 Å². The van der Waals surface area contributed by atoms with Crippen molar-refractivity contribution >= 4 is 7.60 Å². The Morgan fingerprint density at radius 1 is 0.917 bits per heavy atom. The summed E-state index contributed by atoms with van der Waals surface area (Å²) < 4.78 is 12.0. The van der Waals surface area contributed by atoms with Crippen LogP contribution >= 0.6 is 7.60 Å². The highest BCUT2D eigenvalue weighted by Gasteiger charge is 2.31. The SMILES string of the molecule is CCCCCC(NC(c1ccccc1)c1ccccc1)P(=O)(O)O. The van der Waals surface area contributed by atoms with E-state index in [1.807, 2.05) is 60.7 Å². The molecule has 2 aromatic rings. The Balaban J connectivity index is 2.27. The lowest BCUT2D eigenvalue weighted by Gasteiger charge is -2.27. The molecule has 0 saturated heterocycles. The van der Waals surface area contributed by atoms with Crippen molar-refractivity contribution in [3.05, 3.63) is 71.8 Å². The Kier molecular flexibility index (Phi) is 7.19. The van der Waals surface area contributed by atoms with E-state index in [4.69, 9.17) is 0 Å². The first-order valence-electron chi connectivity index (χ1n) is 8.43. The van der Waals surface area contributed by atoms with Gasteiger partial charge >= 0.3 is 7.60 Å². The lowest BCUT2D eigenvalue weighted by Crippen LogP contribution is -2.33. The number of rotatable bonds is 9. The third-order valence-electron chi connectivity index (χ3n) is 4.11. The second-order valence-corrected chi connectivity index (χ2v) is 7.82. The summed E-state index contributed by atoms with van der Waals surface area (Å²) in [5, 5.41) is 3.22. The summed E-state index contributed by atoms with van der Waals surface area (Å²) in [7, 11) is -4.22. The maximum Gasteiger partial charge on any atom is 0.342 e. The first kappa shape index (κ1) is 18.9. The van der Waals surface area contributed by atoms with Crippen LogP contribution in [0.1, 0.15) is 49.8 Å². The van der Waals surface area contributed by atoms with Crippen molar-refractivity contribution in [2.45, 2.75) is 44.4 Å². The summed E-state index contributed by atoms with van der Waals surface area (Å²) in [5.41, 5.74) is 2.00. The minimum atomic E-state index is -4.22. The fraction of sp³-hybridized carbons (Fsp3) is 0.368. The zero-order chi connectivity index (χ0) is 17.4. The van der Waals surface area contributed by atoms with Crippen molar-refractivity contribution in [1.82, 2.24) is 5.32 Å². The lowest BCUT2D eigenvalue weighted by atomic mass is 9.98. The van der Waals surface area contributed by atoms with Crippen LogP contribution in [0.4, 0.5) is 0 Å². The van der Waals surface area contributed by atoms with Crippen LogP contribution in [0, 0.1) is 0 Å². The van der Waals surface area contributed by atoms with Crippen molar-refractivity contribution in [3.8, 4) is 0 Å². The summed E-state index contributed by atoms with van der Waals surface area (Å²) in [6, 6.07) is 19.3. The van der Waals surface area contributed by atoms with E-state index < -0.39 is 13.4 Å². The summed E-state index contributed by atoms with van der Waals surface area (Å²) in [5.74, 6) is -0.838. The molecule has 0 aromatic heterocycles. The third-order valence-corrected chi connectivity index (χ3v) is 5.33. The third kappa shape index (κ3) is 5.57. The van der Waals surface area contributed by atoms with E-state index in [2.05, 4.69) is 12.2 Å². The first-order valence-corrected chi connectivity index (χ1v) is 10.1. The molecule has 4 nitrogen and oxygen atoms in total. The molecule has 24 heavy (non-hydrogen) atoms. The van der Waals surface area contributed by atoms with Crippen LogP contribution in [0.3, 0.4) is 0 Å². The molecule has 0 radical (unpaired) electrons. The number of hydrogen-bond acceptors (Lipinski definition) is 2. The smallest absolute Gasteiger partial charge is 0.323 e. The molecule has 3 N–H and O–H groups in total. The highest BCUT2D eigenvalue weighted by Crippen LogP contribution is 2.43. The minimum absolute atomic E-state index is 0.244. The summed E-state index contributed by atoms with van der Waals surface area (Å²) in [6.07, 6.45) is 3.26. The second-order valence-electron chi connectivity index (χ2n) is 6.02. The maximum absolute atomic E-state index is 12.0. The van der Waals surface area contributed by atoms with Gasteiger partial charge in [0.05, 0.1) is 6.04 Å². The van der Waals surface area contributed by atoms with Crippen LogP contribution < -0.4 is 5.32 Å². The van der Waals surface area contributed by atoms with Crippen molar-refractivity contribution in [3.63, 3.8) is 0 Å². The van der Waals surface area contributed by atoms with E-state index in [0.29, 0.717) is 6.42 Å². The molecule has 2 aromatic carbocycles. The van der Waals surface area contributed by atoms with Gasteiger partial charge in [-0.2, -0.15) is 0 Å². The lowest BCUT2D eigenvalue weighted by molar-refractivity contribution is 0.333. The van der Waals surface area contributed by atoms with Crippen molar-refractivity contribution in [2.75, 3.05) is 0 Å². The van der Waals surface area contributed by atoms with Crippen LogP contribution in [0.2, 0.25) is 0 Å². The Morgan fingerprint density at radius 2 is 1.42 bits per heavy atom. The summed E-state index contributed by atoms with van der Waals surface area (Å²) in [6.45, 7) is 2.08. The topological polar surface area (TPSA) is 69.6 Å². The van der Waals surface area contributed by atoms with Gasteiger partial charge < -0.3 is 9.79 Å². The fourth-order valence-corrected chi connectivity index (χ4v) is 3.67. The average molecular weight is 347 g/mol. The molecule has 0 saturated carbocycles. The van der Waals surface area contributed by atoms with Gasteiger partial charge in [-0.25, -0.2) is 0 Å². The highest BCUT2D eigenvalue weighted by atomic mass is 31.2. The van der Waals surface area contributed by atoms with Gasteiger partial charge in [0.2, 0.25) is 0 Å². The molecule has 2 rings (SSSR count). The Bertz CT molecular complexity index is 603. The molecule has 1 unspecified atom stereocenters. The molecule has 0 aliphatic carbocycles. The van der Waals surface area contributed by atoms with Crippen LogP contribution in [0.5, 0.6) is 0 Å². The molecule has 0 bridgehead atoms. The summed E-state index contributed by atoms with van der Waals surface area (Å²) in [4.78, 5) is 19.5. The van der Waals surface area contributed by atoms with Crippen LogP contribution in [0.25, 0.3) is 0 Å². The van der Waals surface area contributed by atoms with E-state index in [9.17, 15) is 14.4 Å². The van der Waals surface area contributed by atoms with Gasteiger partial charge in [0.1, 0.15) is 5.78 Å². The monoisotopic (exact) mass is 347 g/mol. The van der Waals surface area contributed by atoms with Gasteiger partial charge in [-0.1, -0.05) is 86.8 Å². The number of hydrogen-bond donors (Lipinski definition) is 3. The largest absolute Gasteiger partial charge is 0.342 e. The first-order chi connectivity index (χ1) is 11.5. The normalized spacial score (nSPS) is 13.2. The molecule has 130 valence electrons. The van der Waals surface area contributed by atoms with Crippen LogP contribution in [-0.4, -0.2) is 15.6 Å². The average Bonchev–Trinajstić information content (AvgIpc) is 2.58. The highest BCUT2D eigenvalue weighted by molar-refractivity contribution is 7.52. The Hall–Kier alpha value is -1.45. The molecule has 5 heteroatoms. The van der Waals surface area contributed by atoms with Gasteiger partial charge in [0.15, 0.2) is 0 Å². The Labute approximate surface area is 144 Å². The van der Waals surface area contributed by atoms with Gasteiger partial charge in [0, 0.05) is 0 Å². The standard InChI is InChI=1S/C19H26NO3P/c1-2-3-6-15-18(24(21,22)23)20-19(16-11-7-4-8-12-16)17-13-9-5-10-14-17/h4-5,7-14,18-20H,2-3,6,15H2,1H3,(H2,21,22,23). The van der Waals surface area contributed by atoms with E-state index in [0.717, 1.165) is 30.4 Å². The van der Waals surface area contributed by atoms with Gasteiger partial charge in [0.25, 0.3) is 0 Å². The predicted molar refractivity (Wildman–Crippen MR) is 97.8 cm³/mol.